The molecule has 0 spiro atoms. The predicted octanol–water partition coefficient (Wildman–Crippen LogP) is 2.92. The van der Waals surface area contributed by atoms with Crippen molar-refractivity contribution in [1.29, 1.82) is 0 Å². The second-order valence-corrected chi connectivity index (χ2v) is 9.14. The molecule has 130 valence electrons. The van der Waals surface area contributed by atoms with Crippen LogP contribution in [-0.4, -0.2) is 20.2 Å². The van der Waals surface area contributed by atoms with E-state index in [9.17, 15) is 13.2 Å². The second kappa shape index (κ2) is 6.06. The molecule has 0 radical (unpaired) electrons. The van der Waals surface area contributed by atoms with E-state index in [4.69, 9.17) is 0 Å². The Morgan fingerprint density at radius 2 is 1.62 bits per heavy atom. The van der Waals surface area contributed by atoms with Gasteiger partial charge in [0.05, 0.1) is 5.75 Å². The zero-order chi connectivity index (χ0) is 16.7. The largest absolute Gasteiger partial charge is 0.332 e. The second-order valence-electron chi connectivity index (χ2n) is 7.37. The number of carbonyl (C=O) groups is 1. The number of rotatable bonds is 4. The third-order valence-corrected chi connectivity index (χ3v) is 7.05. The van der Waals surface area contributed by atoms with Crippen molar-refractivity contribution in [1.82, 2.24) is 4.72 Å². The van der Waals surface area contributed by atoms with Crippen molar-refractivity contribution in [2.75, 3.05) is 11.1 Å². The molecule has 1 fully saturated rings. The van der Waals surface area contributed by atoms with Crippen LogP contribution in [0.15, 0.2) is 6.07 Å². The van der Waals surface area contributed by atoms with Gasteiger partial charge in [-0.25, -0.2) is 17.9 Å². The van der Waals surface area contributed by atoms with Gasteiger partial charge < -0.3 is 5.32 Å². The van der Waals surface area contributed by atoms with E-state index in [-0.39, 0.29) is 11.7 Å². The van der Waals surface area contributed by atoms with Crippen LogP contribution in [-0.2, 0) is 35.7 Å². The van der Waals surface area contributed by atoms with E-state index < -0.39 is 16.1 Å². The zero-order valence-corrected chi connectivity index (χ0v) is 14.7. The molecule has 3 aliphatic rings. The smallest absolute Gasteiger partial charge is 0.307 e. The van der Waals surface area contributed by atoms with Gasteiger partial charge in [-0.3, -0.25) is 0 Å². The molecule has 0 atom stereocenters. The number of amides is 2. The maximum atomic E-state index is 12.3. The minimum Gasteiger partial charge on any atom is -0.307 e. The van der Waals surface area contributed by atoms with Gasteiger partial charge in [0.1, 0.15) is 0 Å². The Bertz CT molecular complexity index is 750. The third kappa shape index (κ3) is 3.04. The van der Waals surface area contributed by atoms with Crippen molar-refractivity contribution >= 4 is 21.7 Å². The summed E-state index contributed by atoms with van der Waals surface area (Å²) in [7, 11) is -3.55. The van der Waals surface area contributed by atoms with Gasteiger partial charge in [0.2, 0.25) is 10.0 Å². The SMILES string of the molecule is O=C(Nc1c2c(cc3c1CCC3)CCC2)NS(=O)(=O)CC1CCC1. The average molecular weight is 348 g/mol. The lowest BCUT2D eigenvalue weighted by Gasteiger charge is -2.25. The van der Waals surface area contributed by atoms with Crippen LogP contribution in [0.3, 0.4) is 0 Å². The molecule has 6 heteroatoms. The highest BCUT2D eigenvalue weighted by Crippen LogP contribution is 2.38. The molecule has 2 N–H and O–H groups in total. The van der Waals surface area contributed by atoms with Crippen molar-refractivity contribution in [3.63, 3.8) is 0 Å². The maximum absolute atomic E-state index is 12.3. The van der Waals surface area contributed by atoms with Crippen molar-refractivity contribution in [2.45, 2.75) is 57.8 Å². The average Bonchev–Trinajstić information content (AvgIpc) is 3.10. The van der Waals surface area contributed by atoms with Gasteiger partial charge in [-0.2, -0.15) is 0 Å². The first-order chi connectivity index (χ1) is 11.5. The Kier molecular flexibility index (Phi) is 4.03. The van der Waals surface area contributed by atoms with Crippen LogP contribution in [0.5, 0.6) is 0 Å². The topological polar surface area (TPSA) is 75.3 Å². The summed E-state index contributed by atoms with van der Waals surface area (Å²) in [6.07, 6.45) is 9.24. The number of benzene rings is 1. The van der Waals surface area contributed by atoms with Crippen LogP contribution in [0.1, 0.15) is 54.4 Å². The molecule has 3 aliphatic carbocycles. The number of hydrogen-bond acceptors (Lipinski definition) is 3. The highest BCUT2D eigenvalue weighted by molar-refractivity contribution is 7.90. The lowest BCUT2D eigenvalue weighted by atomic mass is 9.87. The summed E-state index contributed by atoms with van der Waals surface area (Å²) in [6, 6.07) is 1.69. The molecule has 5 nitrogen and oxygen atoms in total. The third-order valence-electron chi connectivity index (χ3n) is 5.64. The van der Waals surface area contributed by atoms with E-state index in [2.05, 4.69) is 16.1 Å². The number of sulfonamides is 1. The number of anilines is 1. The number of aryl methyl sites for hydroxylation is 2. The van der Waals surface area contributed by atoms with Crippen LogP contribution in [0.2, 0.25) is 0 Å². The van der Waals surface area contributed by atoms with Crippen LogP contribution in [0.25, 0.3) is 0 Å². The highest BCUT2D eigenvalue weighted by Gasteiger charge is 2.28. The molecule has 0 unspecified atom stereocenters. The minimum absolute atomic E-state index is 0.0609. The molecule has 1 aromatic rings. The monoisotopic (exact) mass is 348 g/mol. The van der Waals surface area contributed by atoms with Crippen LogP contribution in [0.4, 0.5) is 10.5 Å². The number of hydrogen-bond donors (Lipinski definition) is 2. The Balaban J connectivity index is 1.52. The van der Waals surface area contributed by atoms with E-state index in [0.717, 1.165) is 63.5 Å². The summed E-state index contributed by atoms with van der Waals surface area (Å²) in [6.45, 7) is 0. The lowest BCUT2D eigenvalue weighted by Crippen LogP contribution is -2.39. The molecule has 0 heterocycles. The summed E-state index contributed by atoms with van der Waals surface area (Å²) in [4.78, 5) is 12.3. The van der Waals surface area contributed by atoms with Gasteiger partial charge in [0.25, 0.3) is 0 Å². The predicted molar refractivity (Wildman–Crippen MR) is 93.8 cm³/mol. The van der Waals surface area contributed by atoms with E-state index in [1.807, 2.05) is 0 Å². The number of fused-ring (bicyclic) bond motifs is 2. The fourth-order valence-electron chi connectivity index (χ4n) is 4.26. The molecule has 2 amide bonds. The van der Waals surface area contributed by atoms with E-state index in [1.54, 1.807) is 0 Å². The molecule has 4 rings (SSSR count). The summed E-state index contributed by atoms with van der Waals surface area (Å²) < 4.78 is 26.5. The number of nitrogens with one attached hydrogen (secondary N) is 2. The van der Waals surface area contributed by atoms with E-state index in [0.29, 0.717) is 0 Å². The van der Waals surface area contributed by atoms with Gasteiger partial charge in [-0.1, -0.05) is 12.5 Å². The molecule has 0 aromatic heterocycles. The van der Waals surface area contributed by atoms with Crippen LogP contribution in [0, 0.1) is 5.92 Å². The summed E-state index contributed by atoms with van der Waals surface area (Å²) in [5.41, 5.74) is 5.95. The fourth-order valence-corrected chi connectivity index (χ4v) is 5.63. The highest BCUT2D eigenvalue weighted by atomic mass is 32.2. The van der Waals surface area contributed by atoms with E-state index in [1.165, 1.54) is 22.3 Å². The quantitative estimate of drug-likeness (QED) is 0.878. The molecule has 0 saturated heterocycles. The summed E-state index contributed by atoms with van der Waals surface area (Å²) in [5.74, 6) is 0.270. The lowest BCUT2D eigenvalue weighted by molar-refractivity contribution is 0.256. The van der Waals surface area contributed by atoms with E-state index >= 15 is 0 Å². The van der Waals surface area contributed by atoms with Crippen LogP contribution >= 0.6 is 0 Å². The van der Waals surface area contributed by atoms with Crippen molar-refractivity contribution in [2.24, 2.45) is 5.92 Å². The number of carbonyl (C=O) groups excluding carboxylic acids is 1. The van der Waals surface area contributed by atoms with Gasteiger partial charge in [-0.05, 0) is 79.5 Å². The standard InChI is InChI=1S/C18H24N2O3S/c21-18(20-24(22,23)11-12-4-1-5-12)19-17-15-8-2-6-13(15)10-14-7-3-9-16(14)17/h10,12H,1-9,11H2,(H2,19,20,21). The Morgan fingerprint density at radius 1 is 1.00 bits per heavy atom. The fraction of sp³-hybridized carbons (Fsp3) is 0.611. The first kappa shape index (κ1) is 15.9. The van der Waals surface area contributed by atoms with Gasteiger partial charge in [-0.15, -0.1) is 0 Å². The van der Waals surface area contributed by atoms with Crippen molar-refractivity contribution < 1.29 is 13.2 Å². The summed E-state index contributed by atoms with van der Waals surface area (Å²) >= 11 is 0. The maximum Gasteiger partial charge on any atom is 0.332 e. The zero-order valence-electron chi connectivity index (χ0n) is 13.9. The molecule has 24 heavy (non-hydrogen) atoms. The normalized spacial score (nSPS) is 19.5. The Morgan fingerprint density at radius 3 is 2.17 bits per heavy atom. The first-order valence-corrected chi connectivity index (χ1v) is 10.6. The van der Waals surface area contributed by atoms with Gasteiger partial charge in [0, 0.05) is 5.69 Å². The molecular formula is C18H24N2O3S. The minimum atomic E-state index is -3.55. The Hall–Kier alpha value is -1.56. The number of urea groups is 1. The molecule has 0 aliphatic heterocycles. The molecule has 0 bridgehead atoms. The van der Waals surface area contributed by atoms with Gasteiger partial charge in [0.15, 0.2) is 0 Å². The molecule has 1 aromatic carbocycles. The molecule has 1 saturated carbocycles. The van der Waals surface area contributed by atoms with Gasteiger partial charge >= 0.3 is 6.03 Å². The van der Waals surface area contributed by atoms with Crippen LogP contribution < -0.4 is 10.0 Å². The Labute approximate surface area is 143 Å². The van der Waals surface area contributed by atoms with Crippen molar-refractivity contribution in [3.8, 4) is 0 Å². The summed E-state index contributed by atoms with van der Waals surface area (Å²) in [5, 5.41) is 2.88. The first-order valence-electron chi connectivity index (χ1n) is 9.00. The van der Waals surface area contributed by atoms with Crippen molar-refractivity contribution in [3.05, 3.63) is 28.3 Å². The molecular weight excluding hydrogens is 324 g/mol.